The van der Waals surface area contributed by atoms with Gasteiger partial charge in [-0.2, -0.15) is 0 Å². The molecule has 2 aromatic rings. The van der Waals surface area contributed by atoms with Crippen molar-refractivity contribution >= 4 is 5.69 Å². The topological polar surface area (TPSA) is 80.9 Å². The standard InChI is InChI=1S/C11H11N3O3/c1-2-8-7-12-11(15)13(8)9-3-5-10(6-4-9)14(16)17/h3-7H,2H2,1H3,(H,12,15). The summed E-state index contributed by atoms with van der Waals surface area (Å²) in [6.07, 6.45) is 2.35. The van der Waals surface area contributed by atoms with Gasteiger partial charge in [0.1, 0.15) is 0 Å². The van der Waals surface area contributed by atoms with Gasteiger partial charge in [0.2, 0.25) is 0 Å². The Morgan fingerprint density at radius 3 is 2.53 bits per heavy atom. The molecule has 0 aliphatic heterocycles. The Kier molecular flexibility index (Phi) is 2.78. The van der Waals surface area contributed by atoms with E-state index in [0.717, 1.165) is 5.69 Å². The van der Waals surface area contributed by atoms with Crippen LogP contribution in [0.25, 0.3) is 5.69 Å². The van der Waals surface area contributed by atoms with E-state index < -0.39 is 4.92 Å². The molecule has 0 bridgehead atoms. The summed E-state index contributed by atoms with van der Waals surface area (Å²) in [5.41, 5.74) is 1.23. The Hall–Kier alpha value is -2.37. The minimum atomic E-state index is -0.468. The number of aromatic amines is 1. The van der Waals surface area contributed by atoms with Gasteiger partial charge in [-0.15, -0.1) is 0 Å². The zero-order valence-electron chi connectivity index (χ0n) is 9.21. The lowest BCUT2D eigenvalue weighted by atomic mass is 10.2. The zero-order valence-corrected chi connectivity index (χ0v) is 9.21. The molecule has 0 saturated heterocycles. The molecule has 1 aromatic carbocycles. The molecule has 88 valence electrons. The van der Waals surface area contributed by atoms with E-state index in [1.165, 1.54) is 16.7 Å². The van der Waals surface area contributed by atoms with Gasteiger partial charge in [0, 0.05) is 24.0 Å². The van der Waals surface area contributed by atoms with Crippen LogP contribution >= 0.6 is 0 Å². The first-order chi connectivity index (χ1) is 8.13. The molecule has 2 rings (SSSR count). The van der Waals surface area contributed by atoms with Crippen molar-refractivity contribution in [3.05, 3.63) is 56.8 Å². The van der Waals surface area contributed by atoms with Crippen LogP contribution in [-0.4, -0.2) is 14.5 Å². The molecule has 0 radical (unpaired) electrons. The predicted octanol–water partition coefficient (Wildman–Crippen LogP) is 1.64. The van der Waals surface area contributed by atoms with Crippen molar-refractivity contribution in [1.82, 2.24) is 9.55 Å². The quantitative estimate of drug-likeness (QED) is 0.646. The van der Waals surface area contributed by atoms with Crippen molar-refractivity contribution in [1.29, 1.82) is 0 Å². The van der Waals surface area contributed by atoms with Crippen molar-refractivity contribution in [2.45, 2.75) is 13.3 Å². The second-order valence-electron chi connectivity index (χ2n) is 3.55. The maximum atomic E-state index is 11.6. The third-order valence-corrected chi connectivity index (χ3v) is 2.53. The Bertz CT molecular complexity index is 595. The fourth-order valence-corrected chi connectivity index (χ4v) is 1.67. The Morgan fingerprint density at radius 2 is 2.00 bits per heavy atom. The number of nitrogens with zero attached hydrogens (tertiary/aromatic N) is 2. The Morgan fingerprint density at radius 1 is 1.35 bits per heavy atom. The molecule has 6 nitrogen and oxygen atoms in total. The molecule has 0 spiro atoms. The van der Waals surface area contributed by atoms with Gasteiger partial charge >= 0.3 is 5.69 Å². The number of hydrogen-bond donors (Lipinski definition) is 1. The van der Waals surface area contributed by atoms with E-state index in [4.69, 9.17) is 0 Å². The molecule has 1 N–H and O–H groups in total. The van der Waals surface area contributed by atoms with E-state index in [1.807, 2.05) is 6.92 Å². The number of aromatic nitrogens is 2. The highest BCUT2D eigenvalue weighted by Crippen LogP contribution is 2.15. The molecule has 17 heavy (non-hydrogen) atoms. The van der Waals surface area contributed by atoms with Crippen molar-refractivity contribution in [3.63, 3.8) is 0 Å². The van der Waals surface area contributed by atoms with Gasteiger partial charge < -0.3 is 4.98 Å². The number of nitro groups is 1. The normalized spacial score (nSPS) is 10.4. The largest absolute Gasteiger partial charge is 0.330 e. The molecule has 0 unspecified atom stereocenters. The van der Waals surface area contributed by atoms with Gasteiger partial charge in [0.25, 0.3) is 5.69 Å². The monoisotopic (exact) mass is 233 g/mol. The fourth-order valence-electron chi connectivity index (χ4n) is 1.67. The predicted molar refractivity (Wildman–Crippen MR) is 62.4 cm³/mol. The summed E-state index contributed by atoms with van der Waals surface area (Å²) in [7, 11) is 0. The van der Waals surface area contributed by atoms with E-state index >= 15 is 0 Å². The van der Waals surface area contributed by atoms with E-state index in [2.05, 4.69) is 4.98 Å². The highest BCUT2D eigenvalue weighted by Gasteiger charge is 2.09. The first kappa shape index (κ1) is 11.1. The number of hydrogen-bond acceptors (Lipinski definition) is 3. The molecule has 0 aliphatic carbocycles. The fraction of sp³-hybridized carbons (Fsp3) is 0.182. The molecule has 0 fully saturated rings. The van der Waals surface area contributed by atoms with Crippen LogP contribution in [0.1, 0.15) is 12.6 Å². The second-order valence-corrected chi connectivity index (χ2v) is 3.55. The molecule has 0 saturated carbocycles. The number of non-ortho nitro benzene ring substituents is 1. The first-order valence-electron chi connectivity index (χ1n) is 5.17. The number of aryl methyl sites for hydroxylation is 1. The molecule has 6 heteroatoms. The summed E-state index contributed by atoms with van der Waals surface area (Å²) < 4.78 is 1.50. The van der Waals surface area contributed by atoms with Gasteiger partial charge in [-0.25, -0.2) is 4.79 Å². The number of rotatable bonds is 3. The average molecular weight is 233 g/mol. The van der Waals surface area contributed by atoms with Crippen LogP contribution in [0, 0.1) is 10.1 Å². The summed E-state index contributed by atoms with van der Waals surface area (Å²) in [5.74, 6) is 0. The van der Waals surface area contributed by atoms with Crippen molar-refractivity contribution in [3.8, 4) is 5.69 Å². The van der Waals surface area contributed by atoms with Crippen molar-refractivity contribution in [2.75, 3.05) is 0 Å². The van der Waals surface area contributed by atoms with Crippen molar-refractivity contribution < 1.29 is 4.92 Å². The van der Waals surface area contributed by atoms with Crippen LogP contribution in [0.3, 0.4) is 0 Å². The summed E-state index contributed by atoms with van der Waals surface area (Å²) in [6.45, 7) is 1.94. The van der Waals surface area contributed by atoms with E-state index in [1.54, 1.807) is 18.3 Å². The van der Waals surface area contributed by atoms with Crippen molar-refractivity contribution in [2.24, 2.45) is 0 Å². The molecule has 0 aliphatic rings. The van der Waals surface area contributed by atoms with Gasteiger partial charge in [0.15, 0.2) is 0 Å². The molecular weight excluding hydrogens is 222 g/mol. The number of imidazole rings is 1. The first-order valence-corrected chi connectivity index (χ1v) is 5.17. The molecule has 1 aromatic heterocycles. The van der Waals surface area contributed by atoms with Gasteiger partial charge in [-0.3, -0.25) is 14.7 Å². The lowest BCUT2D eigenvalue weighted by molar-refractivity contribution is -0.384. The maximum absolute atomic E-state index is 11.6. The maximum Gasteiger partial charge on any atom is 0.330 e. The molecule has 1 heterocycles. The lowest BCUT2D eigenvalue weighted by Crippen LogP contribution is -2.16. The van der Waals surface area contributed by atoms with Gasteiger partial charge in [-0.05, 0) is 18.6 Å². The van der Waals surface area contributed by atoms with Crippen LogP contribution in [0.15, 0.2) is 35.3 Å². The Balaban J connectivity index is 2.50. The number of nitro benzene ring substituents is 1. The van der Waals surface area contributed by atoms with Crippen LogP contribution in [0.4, 0.5) is 5.69 Å². The third-order valence-electron chi connectivity index (χ3n) is 2.53. The summed E-state index contributed by atoms with van der Waals surface area (Å²) in [6, 6.07) is 5.89. The summed E-state index contributed by atoms with van der Waals surface area (Å²) in [5, 5.41) is 10.5. The third kappa shape index (κ3) is 1.96. The van der Waals surface area contributed by atoms with E-state index in [0.29, 0.717) is 12.1 Å². The smallest absolute Gasteiger partial charge is 0.312 e. The van der Waals surface area contributed by atoms with Crippen LogP contribution in [0.2, 0.25) is 0 Å². The Labute approximate surface area is 96.7 Å². The number of benzene rings is 1. The molecular formula is C11H11N3O3. The SMILES string of the molecule is CCc1c[nH]c(=O)n1-c1ccc([N+](=O)[O-])cc1. The average Bonchev–Trinajstić information content (AvgIpc) is 2.70. The molecule has 0 atom stereocenters. The van der Waals surface area contributed by atoms with Gasteiger partial charge in [-0.1, -0.05) is 6.92 Å². The highest BCUT2D eigenvalue weighted by atomic mass is 16.6. The van der Waals surface area contributed by atoms with Gasteiger partial charge in [0.05, 0.1) is 10.6 Å². The number of H-pyrrole nitrogens is 1. The van der Waals surface area contributed by atoms with Crippen LogP contribution in [-0.2, 0) is 6.42 Å². The van der Waals surface area contributed by atoms with Crippen LogP contribution < -0.4 is 5.69 Å². The molecule has 0 amide bonds. The lowest BCUT2D eigenvalue weighted by Gasteiger charge is -2.04. The van der Waals surface area contributed by atoms with E-state index in [-0.39, 0.29) is 11.4 Å². The summed E-state index contributed by atoms with van der Waals surface area (Å²) >= 11 is 0. The van der Waals surface area contributed by atoms with E-state index in [9.17, 15) is 14.9 Å². The number of nitrogens with one attached hydrogen (secondary N) is 1. The minimum Gasteiger partial charge on any atom is -0.312 e. The highest BCUT2D eigenvalue weighted by molar-refractivity contribution is 5.41. The zero-order chi connectivity index (χ0) is 12.4. The minimum absolute atomic E-state index is 0.00961. The van der Waals surface area contributed by atoms with Crippen LogP contribution in [0.5, 0.6) is 0 Å². The summed E-state index contributed by atoms with van der Waals surface area (Å²) in [4.78, 5) is 24.2. The second kappa shape index (κ2) is 4.25.